The molecule has 0 aliphatic carbocycles. The molecule has 0 aromatic heterocycles. The van der Waals surface area contributed by atoms with Gasteiger partial charge in [0.25, 0.3) is 0 Å². The zero-order chi connectivity index (χ0) is 20.6. The number of carbonyl (C=O) groups is 2. The minimum atomic E-state index is -0.640. The Labute approximate surface area is 167 Å². The first-order valence-corrected chi connectivity index (χ1v) is 9.73. The van der Waals surface area contributed by atoms with Gasteiger partial charge >= 0.3 is 6.03 Å². The minimum absolute atomic E-state index is 0.223. The second-order valence-corrected chi connectivity index (χ2v) is 7.94. The first-order chi connectivity index (χ1) is 13.3. The van der Waals surface area contributed by atoms with Crippen LogP contribution >= 0.6 is 0 Å². The highest BCUT2D eigenvalue weighted by Gasteiger charge is 2.32. The van der Waals surface area contributed by atoms with E-state index in [2.05, 4.69) is 26.2 Å². The summed E-state index contributed by atoms with van der Waals surface area (Å²) in [4.78, 5) is 27.0. The molecule has 1 atom stereocenters. The number of benzene rings is 1. The van der Waals surface area contributed by atoms with Crippen LogP contribution in [0.3, 0.4) is 0 Å². The lowest BCUT2D eigenvalue weighted by atomic mass is 9.86. The SMILES string of the molecule is CNC(=O)[C@@H](NC(=O)Nc1ccccc1NCCN1CCOCC1)C(C)(C)C. The summed E-state index contributed by atoms with van der Waals surface area (Å²) < 4.78 is 5.36. The average Bonchev–Trinajstić information content (AvgIpc) is 2.67. The fourth-order valence-corrected chi connectivity index (χ4v) is 3.03. The molecule has 0 bridgehead atoms. The van der Waals surface area contributed by atoms with Gasteiger partial charge in [0.15, 0.2) is 0 Å². The van der Waals surface area contributed by atoms with Gasteiger partial charge in [-0.05, 0) is 17.5 Å². The number of rotatable bonds is 7. The van der Waals surface area contributed by atoms with Crippen LogP contribution in [0.5, 0.6) is 0 Å². The smallest absolute Gasteiger partial charge is 0.319 e. The first kappa shape index (κ1) is 22.0. The monoisotopic (exact) mass is 391 g/mol. The van der Waals surface area contributed by atoms with Gasteiger partial charge in [-0.1, -0.05) is 32.9 Å². The van der Waals surface area contributed by atoms with Crippen molar-refractivity contribution < 1.29 is 14.3 Å². The minimum Gasteiger partial charge on any atom is -0.382 e. The molecule has 1 heterocycles. The number of hydrogen-bond acceptors (Lipinski definition) is 5. The average molecular weight is 392 g/mol. The van der Waals surface area contributed by atoms with Crippen LogP contribution < -0.4 is 21.3 Å². The van der Waals surface area contributed by atoms with Gasteiger partial charge in [-0.25, -0.2) is 4.79 Å². The molecule has 1 fully saturated rings. The maximum absolute atomic E-state index is 12.5. The Morgan fingerprint density at radius 2 is 1.79 bits per heavy atom. The van der Waals surface area contributed by atoms with Crippen LogP contribution in [0.15, 0.2) is 24.3 Å². The molecule has 156 valence electrons. The Balaban J connectivity index is 1.93. The molecule has 0 unspecified atom stereocenters. The highest BCUT2D eigenvalue weighted by Crippen LogP contribution is 2.22. The largest absolute Gasteiger partial charge is 0.382 e. The summed E-state index contributed by atoms with van der Waals surface area (Å²) in [6.07, 6.45) is 0. The van der Waals surface area contributed by atoms with E-state index in [4.69, 9.17) is 4.74 Å². The number of amides is 3. The molecule has 1 aliphatic heterocycles. The predicted molar refractivity (Wildman–Crippen MR) is 112 cm³/mol. The van der Waals surface area contributed by atoms with Gasteiger partial charge in [0.1, 0.15) is 6.04 Å². The lowest BCUT2D eigenvalue weighted by molar-refractivity contribution is -0.124. The molecule has 1 aromatic carbocycles. The normalized spacial score (nSPS) is 16.1. The summed E-state index contributed by atoms with van der Waals surface area (Å²) in [5, 5.41) is 11.6. The van der Waals surface area contributed by atoms with Gasteiger partial charge in [-0.15, -0.1) is 0 Å². The molecule has 0 saturated carbocycles. The van der Waals surface area contributed by atoms with Gasteiger partial charge in [0, 0.05) is 33.2 Å². The summed E-state index contributed by atoms with van der Waals surface area (Å²) in [7, 11) is 1.56. The summed E-state index contributed by atoms with van der Waals surface area (Å²) in [5.74, 6) is -0.223. The van der Waals surface area contributed by atoms with E-state index in [0.717, 1.165) is 45.1 Å². The van der Waals surface area contributed by atoms with Crippen molar-refractivity contribution in [3.05, 3.63) is 24.3 Å². The topological polar surface area (TPSA) is 94.7 Å². The predicted octanol–water partition coefficient (Wildman–Crippen LogP) is 1.71. The van der Waals surface area contributed by atoms with E-state index in [1.807, 2.05) is 45.0 Å². The van der Waals surface area contributed by atoms with E-state index in [-0.39, 0.29) is 5.91 Å². The number of nitrogens with one attached hydrogen (secondary N) is 4. The van der Waals surface area contributed by atoms with Gasteiger partial charge in [0.05, 0.1) is 24.6 Å². The molecule has 4 N–H and O–H groups in total. The zero-order valence-electron chi connectivity index (χ0n) is 17.3. The van der Waals surface area contributed by atoms with Gasteiger partial charge in [-0.2, -0.15) is 0 Å². The van der Waals surface area contributed by atoms with Gasteiger partial charge in [-0.3, -0.25) is 9.69 Å². The molecule has 0 spiro atoms. The number of para-hydroxylation sites is 2. The Morgan fingerprint density at radius 3 is 2.39 bits per heavy atom. The number of carbonyl (C=O) groups excluding carboxylic acids is 2. The fourth-order valence-electron chi connectivity index (χ4n) is 3.03. The van der Waals surface area contributed by atoms with Crippen molar-refractivity contribution in [3.8, 4) is 0 Å². The zero-order valence-corrected chi connectivity index (χ0v) is 17.3. The Bertz CT molecular complexity index is 653. The molecular weight excluding hydrogens is 358 g/mol. The molecule has 8 nitrogen and oxygen atoms in total. The van der Waals surface area contributed by atoms with Crippen LogP contribution in [-0.4, -0.2) is 69.3 Å². The van der Waals surface area contributed by atoms with Crippen LogP contribution in [0.2, 0.25) is 0 Å². The number of morpholine rings is 1. The van der Waals surface area contributed by atoms with Crippen LogP contribution in [0.1, 0.15) is 20.8 Å². The molecule has 28 heavy (non-hydrogen) atoms. The first-order valence-electron chi connectivity index (χ1n) is 9.73. The Kier molecular flexibility index (Phi) is 8.07. The summed E-state index contributed by atoms with van der Waals surface area (Å²) in [5.41, 5.74) is 1.11. The molecule has 0 radical (unpaired) electrons. The van der Waals surface area contributed by atoms with Crippen molar-refractivity contribution in [2.24, 2.45) is 5.41 Å². The second-order valence-electron chi connectivity index (χ2n) is 7.94. The van der Waals surface area contributed by atoms with Crippen molar-refractivity contribution >= 4 is 23.3 Å². The number of ether oxygens (including phenoxy) is 1. The lowest BCUT2D eigenvalue weighted by Gasteiger charge is -2.30. The molecule has 1 aromatic rings. The van der Waals surface area contributed by atoms with Crippen molar-refractivity contribution in [2.75, 3.05) is 57.1 Å². The molecule has 3 amide bonds. The summed E-state index contributed by atoms with van der Waals surface area (Å²) in [6.45, 7) is 10.8. The molecule has 2 rings (SSSR count). The third-order valence-corrected chi connectivity index (χ3v) is 4.67. The van der Waals surface area contributed by atoms with Crippen molar-refractivity contribution in [1.29, 1.82) is 0 Å². The molecule has 1 aliphatic rings. The Morgan fingerprint density at radius 1 is 1.14 bits per heavy atom. The summed E-state index contributed by atoms with van der Waals surface area (Å²) in [6, 6.07) is 6.49. The molecule has 1 saturated heterocycles. The van der Waals surface area contributed by atoms with Crippen molar-refractivity contribution in [3.63, 3.8) is 0 Å². The maximum atomic E-state index is 12.5. The van der Waals surface area contributed by atoms with Crippen LogP contribution in [0.25, 0.3) is 0 Å². The van der Waals surface area contributed by atoms with E-state index >= 15 is 0 Å². The third kappa shape index (κ3) is 6.69. The molecular formula is C20H33N5O3. The Hall–Kier alpha value is -2.32. The number of hydrogen-bond donors (Lipinski definition) is 4. The highest BCUT2D eigenvalue weighted by atomic mass is 16.5. The van der Waals surface area contributed by atoms with E-state index in [0.29, 0.717) is 5.69 Å². The van der Waals surface area contributed by atoms with Crippen LogP contribution in [-0.2, 0) is 9.53 Å². The maximum Gasteiger partial charge on any atom is 0.319 e. The van der Waals surface area contributed by atoms with E-state index in [1.54, 1.807) is 7.05 Å². The standard InChI is InChI=1S/C20H33N5O3/c1-20(2,3)17(18(26)21-4)24-19(27)23-16-8-6-5-7-15(16)22-9-10-25-11-13-28-14-12-25/h5-8,17,22H,9-14H2,1-4H3,(H,21,26)(H2,23,24,27)/t17-/m1/s1. The lowest BCUT2D eigenvalue weighted by Crippen LogP contribution is -2.53. The second kappa shape index (κ2) is 10.3. The third-order valence-electron chi connectivity index (χ3n) is 4.67. The van der Waals surface area contributed by atoms with E-state index in [1.165, 1.54) is 0 Å². The quantitative estimate of drug-likeness (QED) is 0.568. The van der Waals surface area contributed by atoms with E-state index in [9.17, 15) is 9.59 Å². The number of likely N-dealkylation sites (N-methyl/N-ethyl adjacent to an activating group) is 1. The van der Waals surface area contributed by atoms with Crippen molar-refractivity contribution in [2.45, 2.75) is 26.8 Å². The van der Waals surface area contributed by atoms with Crippen LogP contribution in [0.4, 0.5) is 16.2 Å². The number of nitrogens with zero attached hydrogens (tertiary/aromatic N) is 1. The number of anilines is 2. The highest BCUT2D eigenvalue weighted by molar-refractivity contribution is 5.96. The van der Waals surface area contributed by atoms with Gasteiger partial charge < -0.3 is 26.0 Å². The fraction of sp³-hybridized carbons (Fsp3) is 0.600. The van der Waals surface area contributed by atoms with E-state index < -0.39 is 17.5 Å². The summed E-state index contributed by atoms with van der Waals surface area (Å²) >= 11 is 0. The van der Waals surface area contributed by atoms with Gasteiger partial charge in [0.2, 0.25) is 5.91 Å². The van der Waals surface area contributed by atoms with Crippen LogP contribution in [0, 0.1) is 5.41 Å². The van der Waals surface area contributed by atoms with Crippen molar-refractivity contribution in [1.82, 2.24) is 15.5 Å². The molecule has 8 heteroatoms. The number of urea groups is 1.